The summed E-state index contributed by atoms with van der Waals surface area (Å²) in [5.74, 6) is -0.738. The maximum atomic E-state index is 12.9. The Morgan fingerprint density at radius 1 is 1.00 bits per heavy atom. The molecule has 7 N–H and O–H groups in total. The van der Waals surface area contributed by atoms with Crippen molar-refractivity contribution < 1.29 is 14.3 Å². The minimum Gasteiger partial charge on any atom is -0.384 e. The molecular formula is C25H35N5O3. The molecule has 2 amide bonds. The smallest absolute Gasteiger partial charge is 0.242 e. The number of carbonyl (C=O) groups is 2. The Morgan fingerprint density at radius 2 is 1.64 bits per heavy atom. The first kappa shape index (κ1) is 26.0. The lowest BCUT2D eigenvalue weighted by Gasteiger charge is -2.24. The summed E-state index contributed by atoms with van der Waals surface area (Å²) >= 11 is 0. The summed E-state index contributed by atoms with van der Waals surface area (Å²) in [4.78, 5) is 25.6. The van der Waals surface area contributed by atoms with E-state index >= 15 is 0 Å². The Kier molecular flexibility index (Phi) is 9.57. The molecule has 33 heavy (non-hydrogen) atoms. The lowest BCUT2D eigenvalue weighted by atomic mass is 10.0. The number of benzene rings is 2. The minimum absolute atomic E-state index is 0.0129. The molecule has 0 spiro atoms. The molecule has 0 heterocycles. The zero-order valence-electron chi connectivity index (χ0n) is 19.6. The summed E-state index contributed by atoms with van der Waals surface area (Å²) in [5.41, 5.74) is 13.6. The van der Waals surface area contributed by atoms with E-state index in [0.717, 1.165) is 11.1 Å². The fourth-order valence-electron chi connectivity index (χ4n) is 3.03. The van der Waals surface area contributed by atoms with E-state index in [2.05, 4.69) is 10.6 Å². The van der Waals surface area contributed by atoms with E-state index in [-0.39, 0.29) is 24.9 Å². The molecule has 0 aliphatic heterocycles. The van der Waals surface area contributed by atoms with Gasteiger partial charge in [0.05, 0.1) is 12.2 Å². The second kappa shape index (κ2) is 12.1. The molecule has 178 valence electrons. The van der Waals surface area contributed by atoms with Crippen molar-refractivity contribution in [1.82, 2.24) is 10.6 Å². The van der Waals surface area contributed by atoms with Crippen molar-refractivity contribution in [3.8, 4) is 0 Å². The second-order valence-corrected chi connectivity index (χ2v) is 8.94. The normalized spacial score (nSPS) is 13.1. The highest BCUT2D eigenvalue weighted by Crippen LogP contribution is 2.09. The highest BCUT2D eigenvalue weighted by molar-refractivity contribution is 5.95. The van der Waals surface area contributed by atoms with Gasteiger partial charge in [-0.3, -0.25) is 15.0 Å². The van der Waals surface area contributed by atoms with E-state index < -0.39 is 23.6 Å². The highest BCUT2D eigenvalue weighted by Gasteiger charge is 2.25. The number of nitrogens with one attached hydrogen (secondary N) is 3. The molecule has 8 heteroatoms. The van der Waals surface area contributed by atoms with Crippen LogP contribution in [0, 0.1) is 5.41 Å². The van der Waals surface area contributed by atoms with Gasteiger partial charge in [0, 0.05) is 12.1 Å². The number of rotatable bonds is 11. The number of ether oxygens (including phenoxy) is 1. The number of nitrogen functional groups attached to an aromatic ring is 1. The van der Waals surface area contributed by atoms with Gasteiger partial charge in [-0.05, 0) is 44.7 Å². The Balaban J connectivity index is 2.01. The standard InChI is InChI=1S/C25H35N5O3/c1-25(2,3)33-16-20(26)23(31)30-21(14-11-17-7-5-4-6-8-17)24(32)29-15-18-9-12-19(13-10-18)22(27)28/h4-10,12-13,20-21H,11,14-16,26H2,1-3H3,(H3,27,28)(H,29,32)(H,30,31). The lowest BCUT2D eigenvalue weighted by Crippen LogP contribution is -2.53. The molecule has 0 radical (unpaired) electrons. The number of nitrogens with two attached hydrogens (primary N) is 2. The molecular weight excluding hydrogens is 418 g/mol. The molecule has 2 aromatic carbocycles. The number of amidine groups is 1. The first-order chi connectivity index (χ1) is 15.5. The van der Waals surface area contributed by atoms with Crippen LogP contribution in [0.4, 0.5) is 0 Å². The van der Waals surface area contributed by atoms with Crippen LogP contribution in [-0.4, -0.2) is 41.9 Å². The van der Waals surface area contributed by atoms with Gasteiger partial charge in [-0.2, -0.15) is 0 Å². The Bertz CT molecular complexity index is 923. The van der Waals surface area contributed by atoms with E-state index in [1.807, 2.05) is 51.1 Å². The number of amides is 2. The minimum atomic E-state index is -0.879. The van der Waals surface area contributed by atoms with Crippen LogP contribution < -0.4 is 22.1 Å². The van der Waals surface area contributed by atoms with Gasteiger partial charge in [0.15, 0.2) is 0 Å². The van der Waals surface area contributed by atoms with Crippen LogP contribution >= 0.6 is 0 Å². The van der Waals surface area contributed by atoms with Crippen LogP contribution in [0.3, 0.4) is 0 Å². The fraction of sp³-hybridized carbons (Fsp3) is 0.400. The van der Waals surface area contributed by atoms with Crippen molar-refractivity contribution in [2.24, 2.45) is 11.5 Å². The number of hydrogen-bond acceptors (Lipinski definition) is 5. The lowest BCUT2D eigenvalue weighted by molar-refractivity contribution is -0.131. The first-order valence-corrected chi connectivity index (χ1v) is 11.0. The molecule has 0 aliphatic rings. The summed E-state index contributed by atoms with van der Waals surface area (Å²) in [6.45, 7) is 6.00. The van der Waals surface area contributed by atoms with Crippen molar-refractivity contribution in [2.45, 2.75) is 57.8 Å². The molecule has 0 aromatic heterocycles. The molecule has 0 fully saturated rings. The average Bonchev–Trinajstić information content (AvgIpc) is 2.78. The molecule has 8 nitrogen and oxygen atoms in total. The molecule has 0 saturated carbocycles. The van der Waals surface area contributed by atoms with Crippen molar-refractivity contribution in [3.05, 3.63) is 71.3 Å². The Labute approximate surface area is 195 Å². The monoisotopic (exact) mass is 453 g/mol. The van der Waals surface area contributed by atoms with Gasteiger partial charge in [-0.25, -0.2) is 0 Å². The van der Waals surface area contributed by atoms with Gasteiger partial charge in [0.2, 0.25) is 11.8 Å². The maximum Gasteiger partial charge on any atom is 0.242 e. The predicted octanol–water partition coefficient (Wildman–Crippen LogP) is 1.85. The van der Waals surface area contributed by atoms with Crippen molar-refractivity contribution in [2.75, 3.05) is 6.61 Å². The van der Waals surface area contributed by atoms with Crippen molar-refractivity contribution in [3.63, 3.8) is 0 Å². The van der Waals surface area contributed by atoms with Crippen LogP contribution in [0.15, 0.2) is 54.6 Å². The van der Waals surface area contributed by atoms with Crippen LogP contribution in [0.5, 0.6) is 0 Å². The van der Waals surface area contributed by atoms with Gasteiger partial charge in [0.1, 0.15) is 17.9 Å². The Hall–Kier alpha value is -3.23. The maximum absolute atomic E-state index is 12.9. The number of aryl methyl sites for hydroxylation is 1. The highest BCUT2D eigenvalue weighted by atomic mass is 16.5. The molecule has 2 unspecified atom stereocenters. The Morgan fingerprint density at radius 3 is 2.21 bits per heavy atom. The molecule has 2 aromatic rings. The quantitative estimate of drug-likeness (QED) is 0.261. The van der Waals surface area contributed by atoms with E-state index in [1.54, 1.807) is 24.3 Å². The summed E-state index contributed by atoms with van der Waals surface area (Å²) in [5, 5.41) is 13.1. The first-order valence-electron chi connectivity index (χ1n) is 11.0. The van der Waals surface area contributed by atoms with E-state index in [9.17, 15) is 9.59 Å². The van der Waals surface area contributed by atoms with E-state index in [4.69, 9.17) is 21.6 Å². The van der Waals surface area contributed by atoms with Gasteiger partial charge in [-0.15, -0.1) is 0 Å². The van der Waals surface area contributed by atoms with Crippen molar-refractivity contribution >= 4 is 17.6 Å². The SMILES string of the molecule is CC(C)(C)OCC(N)C(=O)NC(CCc1ccccc1)C(=O)NCc1ccc(C(=N)N)cc1. The third kappa shape index (κ3) is 9.43. The fourth-order valence-corrected chi connectivity index (χ4v) is 3.03. The van der Waals surface area contributed by atoms with Crippen LogP contribution in [0.1, 0.15) is 43.9 Å². The second-order valence-electron chi connectivity index (χ2n) is 8.94. The van der Waals surface area contributed by atoms with E-state index in [1.165, 1.54) is 0 Å². The van der Waals surface area contributed by atoms with Gasteiger partial charge < -0.3 is 26.8 Å². The van der Waals surface area contributed by atoms with Crippen LogP contribution in [0.25, 0.3) is 0 Å². The van der Waals surface area contributed by atoms with Crippen LogP contribution in [-0.2, 0) is 27.3 Å². The molecule has 2 rings (SSSR count). The number of carbonyl (C=O) groups excluding carboxylic acids is 2. The summed E-state index contributed by atoms with van der Waals surface area (Å²) in [6.07, 6.45) is 1.05. The number of hydrogen-bond donors (Lipinski definition) is 5. The predicted molar refractivity (Wildman–Crippen MR) is 130 cm³/mol. The molecule has 0 bridgehead atoms. The van der Waals surface area contributed by atoms with Gasteiger partial charge in [0.25, 0.3) is 0 Å². The van der Waals surface area contributed by atoms with Gasteiger partial charge >= 0.3 is 0 Å². The third-order valence-electron chi connectivity index (χ3n) is 4.96. The van der Waals surface area contributed by atoms with Gasteiger partial charge in [-0.1, -0.05) is 54.6 Å². The van der Waals surface area contributed by atoms with E-state index in [0.29, 0.717) is 18.4 Å². The average molecular weight is 454 g/mol. The van der Waals surface area contributed by atoms with Crippen LogP contribution in [0.2, 0.25) is 0 Å². The summed E-state index contributed by atoms with van der Waals surface area (Å²) in [6, 6.07) is 15.2. The summed E-state index contributed by atoms with van der Waals surface area (Å²) in [7, 11) is 0. The van der Waals surface area contributed by atoms with Crippen molar-refractivity contribution in [1.29, 1.82) is 5.41 Å². The summed E-state index contributed by atoms with van der Waals surface area (Å²) < 4.78 is 5.60. The largest absolute Gasteiger partial charge is 0.384 e. The topological polar surface area (TPSA) is 143 Å². The molecule has 2 atom stereocenters. The molecule has 0 aliphatic carbocycles. The molecule has 0 saturated heterocycles. The zero-order chi connectivity index (χ0) is 24.4. The third-order valence-corrected chi connectivity index (χ3v) is 4.96. The zero-order valence-corrected chi connectivity index (χ0v) is 19.6.